The predicted molar refractivity (Wildman–Crippen MR) is 93.5 cm³/mol. The van der Waals surface area contributed by atoms with Gasteiger partial charge in [-0.2, -0.15) is 5.26 Å². The lowest BCUT2D eigenvalue weighted by atomic mass is 9.74. The van der Waals surface area contributed by atoms with Gasteiger partial charge in [-0.25, -0.2) is 4.79 Å². The van der Waals surface area contributed by atoms with E-state index >= 15 is 0 Å². The molecular formula is C17H21IN2O2. The number of nitrogens with zero attached hydrogens (tertiary/aromatic N) is 2. The van der Waals surface area contributed by atoms with E-state index in [4.69, 9.17) is 4.74 Å². The van der Waals surface area contributed by atoms with Crippen LogP contribution in [-0.4, -0.2) is 29.7 Å². The van der Waals surface area contributed by atoms with Gasteiger partial charge in [-0.3, -0.25) is 0 Å². The van der Waals surface area contributed by atoms with E-state index in [0.717, 1.165) is 9.13 Å². The predicted octanol–water partition coefficient (Wildman–Crippen LogP) is 4.08. The van der Waals surface area contributed by atoms with Gasteiger partial charge in [-0.05, 0) is 73.9 Å². The molecule has 0 saturated carbocycles. The zero-order valence-corrected chi connectivity index (χ0v) is 15.4. The van der Waals surface area contributed by atoms with Gasteiger partial charge in [-0.15, -0.1) is 0 Å². The van der Waals surface area contributed by atoms with Crippen LogP contribution >= 0.6 is 22.6 Å². The number of carbonyl (C=O) groups is 1. The van der Waals surface area contributed by atoms with E-state index in [1.807, 2.05) is 45.0 Å². The van der Waals surface area contributed by atoms with Crippen molar-refractivity contribution in [3.63, 3.8) is 0 Å². The summed E-state index contributed by atoms with van der Waals surface area (Å²) in [5.41, 5.74) is 0.0547. The minimum atomic E-state index is -0.497. The topological polar surface area (TPSA) is 53.3 Å². The smallest absolute Gasteiger partial charge is 0.410 e. The number of amides is 1. The maximum atomic E-state index is 12.1. The standard InChI is InChI=1S/C17H21IN2O2/c1-16(2,3)22-15(21)20-10-8-17(12-19,9-11-20)13-4-6-14(18)7-5-13/h4-7H,8-11H2,1-3H3. The molecule has 2 rings (SSSR count). The SMILES string of the molecule is CC(C)(C)OC(=O)N1CCC(C#N)(c2ccc(I)cc2)CC1. The molecule has 0 aromatic heterocycles. The minimum Gasteiger partial charge on any atom is -0.444 e. The normalized spacial score (nSPS) is 17.7. The summed E-state index contributed by atoms with van der Waals surface area (Å²) >= 11 is 2.26. The molecule has 0 N–H and O–H groups in total. The summed E-state index contributed by atoms with van der Waals surface area (Å²) in [6.07, 6.45) is 0.994. The van der Waals surface area contributed by atoms with Crippen molar-refractivity contribution < 1.29 is 9.53 Å². The molecule has 0 aliphatic carbocycles. The van der Waals surface area contributed by atoms with Crippen LogP contribution in [0.5, 0.6) is 0 Å². The average molecular weight is 412 g/mol. The van der Waals surface area contributed by atoms with Crippen LogP contribution in [0, 0.1) is 14.9 Å². The van der Waals surface area contributed by atoms with E-state index in [2.05, 4.69) is 28.7 Å². The summed E-state index contributed by atoms with van der Waals surface area (Å²) in [4.78, 5) is 13.8. The van der Waals surface area contributed by atoms with E-state index < -0.39 is 11.0 Å². The minimum absolute atomic E-state index is 0.290. The van der Waals surface area contributed by atoms with Crippen molar-refractivity contribution in [3.8, 4) is 6.07 Å². The highest BCUT2D eigenvalue weighted by Gasteiger charge is 2.38. The molecule has 1 saturated heterocycles. The molecule has 0 atom stereocenters. The van der Waals surface area contributed by atoms with Crippen LogP contribution in [0.2, 0.25) is 0 Å². The fourth-order valence-electron chi connectivity index (χ4n) is 2.63. The van der Waals surface area contributed by atoms with Gasteiger partial charge in [0.2, 0.25) is 0 Å². The van der Waals surface area contributed by atoms with Crippen LogP contribution in [0.4, 0.5) is 4.79 Å². The van der Waals surface area contributed by atoms with Gasteiger partial charge < -0.3 is 9.64 Å². The number of carbonyl (C=O) groups excluding carboxylic acids is 1. The molecule has 1 aromatic carbocycles. The lowest BCUT2D eigenvalue weighted by Crippen LogP contribution is -2.46. The van der Waals surface area contributed by atoms with Crippen LogP contribution in [0.15, 0.2) is 24.3 Å². The average Bonchev–Trinajstić information content (AvgIpc) is 2.46. The summed E-state index contributed by atoms with van der Waals surface area (Å²) in [6, 6.07) is 10.6. The molecule has 1 aliphatic rings. The highest BCUT2D eigenvalue weighted by molar-refractivity contribution is 14.1. The number of nitriles is 1. The molecule has 1 aliphatic heterocycles. The Bertz CT molecular complexity index is 576. The first-order valence-corrected chi connectivity index (χ1v) is 8.49. The van der Waals surface area contributed by atoms with Crippen molar-refractivity contribution in [2.24, 2.45) is 0 Å². The lowest BCUT2D eigenvalue weighted by Gasteiger charge is -2.38. The molecule has 1 amide bonds. The molecular weight excluding hydrogens is 391 g/mol. The van der Waals surface area contributed by atoms with Crippen LogP contribution in [-0.2, 0) is 10.2 Å². The number of ether oxygens (including phenoxy) is 1. The molecule has 5 heteroatoms. The van der Waals surface area contributed by atoms with Gasteiger partial charge in [0.1, 0.15) is 5.60 Å². The zero-order chi connectivity index (χ0) is 16.4. The molecule has 0 radical (unpaired) electrons. The van der Waals surface area contributed by atoms with Gasteiger partial charge in [0.05, 0.1) is 11.5 Å². The van der Waals surface area contributed by atoms with Crippen molar-refractivity contribution >= 4 is 28.7 Å². The highest BCUT2D eigenvalue weighted by Crippen LogP contribution is 2.35. The Balaban J connectivity index is 2.07. The Morgan fingerprint density at radius 2 is 1.82 bits per heavy atom. The molecule has 1 aromatic rings. The second kappa shape index (κ2) is 6.45. The number of benzene rings is 1. The highest BCUT2D eigenvalue weighted by atomic mass is 127. The van der Waals surface area contributed by atoms with Crippen LogP contribution in [0.1, 0.15) is 39.2 Å². The number of hydrogen-bond acceptors (Lipinski definition) is 3. The molecule has 0 bridgehead atoms. The van der Waals surface area contributed by atoms with Crippen molar-refractivity contribution in [1.29, 1.82) is 5.26 Å². The quantitative estimate of drug-likeness (QED) is 0.654. The Kier molecular flexibility index (Phi) is 5.00. The largest absolute Gasteiger partial charge is 0.444 e. The van der Waals surface area contributed by atoms with E-state index in [1.54, 1.807) is 4.90 Å². The lowest BCUT2D eigenvalue weighted by molar-refractivity contribution is 0.0185. The van der Waals surface area contributed by atoms with Crippen molar-refractivity contribution in [1.82, 2.24) is 4.90 Å². The third-order valence-electron chi connectivity index (χ3n) is 3.88. The van der Waals surface area contributed by atoms with Gasteiger partial charge in [0, 0.05) is 16.7 Å². The summed E-state index contributed by atoms with van der Waals surface area (Å²) in [7, 11) is 0. The molecule has 1 fully saturated rings. The summed E-state index contributed by atoms with van der Waals surface area (Å²) in [6.45, 7) is 6.68. The monoisotopic (exact) mass is 412 g/mol. The Hall–Kier alpha value is -1.29. The third kappa shape index (κ3) is 3.92. The summed E-state index contributed by atoms with van der Waals surface area (Å²) < 4.78 is 6.56. The third-order valence-corrected chi connectivity index (χ3v) is 4.60. The van der Waals surface area contributed by atoms with Crippen LogP contribution < -0.4 is 0 Å². The fraction of sp³-hybridized carbons (Fsp3) is 0.529. The van der Waals surface area contributed by atoms with E-state index in [0.29, 0.717) is 25.9 Å². The molecule has 0 unspecified atom stereocenters. The Morgan fingerprint density at radius 3 is 2.27 bits per heavy atom. The van der Waals surface area contributed by atoms with E-state index in [1.165, 1.54) is 0 Å². The van der Waals surface area contributed by atoms with Crippen molar-refractivity contribution in [2.45, 2.75) is 44.6 Å². The summed E-state index contributed by atoms with van der Waals surface area (Å²) in [5, 5.41) is 9.69. The second-order valence-corrected chi connectivity index (χ2v) is 7.91. The Morgan fingerprint density at radius 1 is 1.27 bits per heavy atom. The number of hydrogen-bond donors (Lipinski definition) is 0. The van der Waals surface area contributed by atoms with Gasteiger partial charge in [0.25, 0.3) is 0 Å². The van der Waals surface area contributed by atoms with Gasteiger partial charge in [0.15, 0.2) is 0 Å². The summed E-state index contributed by atoms with van der Waals surface area (Å²) in [5.74, 6) is 0. The fourth-order valence-corrected chi connectivity index (χ4v) is 2.99. The molecule has 1 heterocycles. The number of halogens is 1. The first-order chi connectivity index (χ1) is 10.3. The molecule has 22 heavy (non-hydrogen) atoms. The zero-order valence-electron chi connectivity index (χ0n) is 13.2. The molecule has 0 spiro atoms. The first kappa shape index (κ1) is 17.1. The Labute approximate surface area is 145 Å². The van der Waals surface area contributed by atoms with Crippen LogP contribution in [0.3, 0.4) is 0 Å². The number of rotatable bonds is 1. The second-order valence-electron chi connectivity index (χ2n) is 6.67. The van der Waals surface area contributed by atoms with E-state index in [9.17, 15) is 10.1 Å². The number of likely N-dealkylation sites (tertiary alicyclic amines) is 1. The molecule has 118 valence electrons. The van der Waals surface area contributed by atoms with Gasteiger partial charge >= 0.3 is 6.09 Å². The molecule has 4 nitrogen and oxygen atoms in total. The maximum Gasteiger partial charge on any atom is 0.410 e. The van der Waals surface area contributed by atoms with Crippen LogP contribution in [0.25, 0.3) is 0 Å². The number of piperidine rings is 1. The van der Waals surface area contributed by atoms with E-state index in [-0.39, 0.29) is 6.09 Å². The van der Waals surface area contributed by atoms with Crippen molar-refractivity contribution in [2.75, 3.05) is 13.1 Å². The van der Waals surface area contributed by atoms with Gasteiger partial charge in [-0.1, -0.05) is 12.1 Å². The first-order valence-electron chi connectivity index (χ1n) is 7.41. The maximum absolute atomic E-state index is 12.1. The van der Waals surface area contributed by atoms with Crippen molar-refractivity contribution in [3.05, 3.63) is 33.4 Å².